The maximum absolute atomic E-state index is 12.2. The van der Waals surface area contributed by atoms with Gasteiger partial charge in [0.2, 0.25) is 0 Å². The second-order valence-electron chi connectivity index (χ2n) is 5.07. The molecule has 5 nitrogen and oxygen atoms in total. The molecule has 0 saturated heterocycles. The average molecular weight is 331 g/mol. The van der Waals surface area contributed by atoms with Gasteiger partial charge in [-0.15, -0.1) is 0 Å². The van der Waals surface area contributed by atoms with Gasteiger partial charge in [-0.05, 0) is 43.3 Å². The van der Waals surface area contributed by atoms with Crippen LogP contribution in [0.15, 0.2) is 42.5 Å². The number of halogens is 1. The van der Waals surface area contributed by atoms with Gasteiger partial charge >= 0.3 is 0 Å². The molecule has 2 amide bonds. The molecular formula is C17H15ClN2O3. The molecule has 0 atom stereocenters. The van der Waals surface area contributed by atoms with Crippen LogP contribution in [0.25, 0.3) is 0 Å². The highest BCUT2D eigenvalue weighted by Gasteiger charge is 2.24. The van der Waals surface area contributed by atoms with Crippen molar-refractivity contribution < 1.29 is 14.3 Å². The van der Waals surface area contributed by atoms with Crippen LogP contribution in [0, 0.1) is 0 Å². The van der Waals surface area contributed by atoms with Crippen LogP contribution in [0.3, 0.4) is 0 Å². The van der Waals surface area contributed by atoms with Crippen LogP contribution >= 0.6 is 11.6 Å². The maximum Gasteiger partial charge on any atom is 0.265 e. The average Bonchev–Trinajstić information content (AvgIpc) is 2.55. The van der Waals surface area contributed by atoms with E-state index >= 15 is 0 Å². The van der Waals surface area contributed by atoms with Gasteiger partial charge in [-0.2, -0.15) is 0 Å². The molecule has 1 aliphatic rings. The van der Waals surface area contributed by atoms with Crippen molar-refractivity contribution in [1.82, 2.24) is 0 Å². The first-order valence-electron chi connectivity index (χ1n) is 7.22. The highest BCUT2D eigenvalue weighted by Crippen LogP contribution is 2.34. The number of carbonyl (C=O) groups is 2. The summed E-state index contributed by atoms with van der Waals surface area (Å²) < 4.78 is 5.45. The molecule has 0 radical (unpaired) electrons. The lowest BCUT2D eigenvalue weighted by molar-refractivity contribution is -0.121. The molecule has 0 aliphatic carbocycles. The normalized spacial score (nSPS) is 13.3. The van der Waals surface area contributed by atoms with E-state index in [9.17, 15) is 9.59 Å². The number of benzene rings is 2. The third-order valence-corrected chi connectivity index (χ3v) is 3.84. The first-order valence-corrected chi connectivity index (χ1v) is 7.60. The predicted molar refractivity (Wildman–Crippen MR) is 89.4 cm³/mol. The van der Waals surface area contributed by atoms with E-state index in [2.05, 4.69) is 5.32 Å². The Labute approximate surface area is 138 Å². The second-order valence-corrected chi connectivity index (χ2v) is 5.51. The molecule has 6 heteroatoms. The van der Waals surface area contributed by atoms with Gasteiger partial charge in [0.25, 0.3) is 11.8 Å². The molecule has 1 heterocycles. The van der Waals surface area contributed by atoms with Crippen LogP contribution in [0.5, 0.6) is 5.75 Å². The number of nitrogens with zero attached hydrogens (tertiary/aromatic N) is 1. The van der Waals surface area contributed by atoms with Crippen LogP contribution in [0.2, 0.25) is 5.02 Å². The zero-order valence-electron chi connectivity index (χ0n) is 12.5. The van der Waals surface area contributed by atoms with Gasteiger partial charge in [-0.25, -0.2) is 0 Å². The number of anilines is 2. The van der Waals surface area contributed by atoms with Crippen molar-refractivity contribution in [3.8, 4) is 5.75 Å². The Morgan fingerprint density at radius 1 is 1.26 bits per heavy atom. The summed E-state index contributed by atoms with van der Waals surface area (Å²) in [4.78, 5) is 25.6. The molecule has 118 valence electrons. The SMILES string of the molecule is CCN1C(=O)COc2cc(NC(=O)c3ccc(Cl)cc3)ccc21. The summed E-state index contributed by atoms with van der Waals surface area (Å²) in [5, 5.41) is 3.38. The van der Waals surface area contributed by atoms with Crippen molar-refractivity contribution in [3.63, 3.8) is 0 Å². The van der Waals surface area contributed by atoms with Crippen molar-refractivity contribution in [1.29, 1.82) is 0 Å². The topological polar surface area (TPSA) is 58.6 Å². The van der Waals surface area contributed by atoms with Gasteiger partial charge in [0.05, 0.1) is 5.69 Å². The molecule has 0 unspecified atom stereocenters. The molecule has 3 rings (SSSR count). The van der Waals surface area contributed by atoms with E-state index in [0.29, 0.717) is 34.3 Å². The lowest BCUT2D eigenvalue weighted by Crippen LogP contribution is -2.38. The second kappa shape index (κ2) is 6.30. The first kappa shape index (κ1) is 15.4. The fourth-order valence-corrected chi connectivity index (χ4v) is 2.56. The lowest BCUT2D eigenvalue weighted by atomic mass is 10.2. The third-order valence-electron chi connectivity index (χ3n) is 3.58. The highest BCUT2D eigenvalue weighted by molar-refractivity contribution is 6.30. The number of amides is 2. The minimum atomic E-state index is -0.235. The number of ether oxygens (including phenoxy) is 1. The summed E-state index contributed by atoms with van der Waals surface area (Å²) in [5.41, 5.74) is 1.83. The fraction of sp³-hybridized carbons (Fsp3) is 0.176. The number of fused-ring (bicyclic) bond motifs is 1. The van der Waals surface area contributed by atoms with Gasteiger partial charge in [-0.1, -0.05) is 11.6 Å². The van der Waals surface area contributed by atoms with Gasteiger partial charge in [0, 0.05) is 28.9 Å². The van der Waals surface area contributed by atoms with E-state index in [4.69, 9.17) is 16.3 Å². The molecule has 23 heavy (non-hydrogen) atoms. The fourth-order valence-electron chi connectivity index (χ4n) is 2.43. The molecule has 2 aromatic carbocycles. The zero-order chi connectivity index (χ0) is 16.4. The van der Waals surface area contributed by atoms with Crippen molar-refractivity contribution in [2.75, 3.05) is 23.4 Å². The van der Waals surface area contributed by atoms with Crippen molar-refractivity contribution in [3.05, 3.63) is 53.1 Å². The van der Waals surface area contributed by atoms with Crippen LogP contribution in [-0.2, 0) is 4.79 Å². The highest BCUT2D eigenvalue weighted by atomic mass is 35.5. The molecule has 1 aliphatic heterocycles. The first-order chi connectivity index (χ1) is 11.1. The number of hydrogen-bond acceptors (Lipinski definition) is 3. The van der Waals surface area contributed by atoms with Gasteiger partial charge in [0.15, 0.2) is 6.61 Å². The van der Waals surface area contributed by atoms with E-state index in [1.165, 1.54) is 0 Å². The van der Waals surface area contributed by atoms with Gasteiger partial charge in [0.1, 0.15) is 5.75 Å². The molecule has 0 fully saturated rings. The molecule has 0 bridgehead atoms. The molecule has 2 aromatic rings. The minimum Gasteiger partial charge on any atom is -0.481 e. The number of carbonyl (C=O) groups excluding carboxylic acids is 2. The number of nitrogens with one attached hydrogen (secondary N) is 1. The van der Waals surface area contributed by atoms with E-state index in [-0.39, 0.29) is 18.4 Å². The lowest BCUT2D eigenvalue weighted by Gasteiger charge is -2.28. The quantitative estimate of drug-likeness (QED) is 0.939. The maximum atomic E-state index is 12.2. The molecular weight excluding hydrogens is 316 g/mol. The number of rotatable bonds is 3. The van der Waals surface area contributed by atoms with Gasteiger partial charge < -0.3 is 15.0 Å². The predicted octanol–water partition coefficient (Wildman–Crippen LogP) is 3.34. The zero-order valence-corrected chi connectivity index (χ0v) is 13.3. The van der Waals surface area contributed by atoms with Crippen molar-refractivity contribution in [2.24, 2.45) is 0 Å². The summed E-state index contributed by atoms with van der Waals surface area (Å²) in [6.07, 6.45) is 0. The largest absolute Gasteiger partial charge is 0.481 e. The van der Waals surface area contributed by atoms with Crippen LogP contribution in [-0.4, -0.2) is 25.0 Å². The monoisotopic (exact) mass is 330 g/mol. The Morgan fingerprint density at radius 3 is 2.70 bits per heavy atom. The van der Waals surface area contributed by atoms with E-state index < -0.39 is 0 Å². The van der Waals surface area contributed by atoms with Crippen molar-refractivity contribution in [2.45, 2.75) is 6.92 Å². The van der Waals surface area contributed by atoms with E-state index in [1.54, 1.807) is 47.4 Å². The van der Waals surface area contributed by atoms with E-state index in [1.807, 2.05) is 6.92 Å². The van der Waals surface area contributed by atoms with E-state index in [0.717, 1.165) is 0 Å². The number of likely N-dealkylation sites (N-methyl/N-ethyl adjacent to an activating group) is 1. The Kier molecular flexibility index (Phi) is 4.21. The standard InChI is InChI=1S/C17H15ClN2O3/c1-2-20-14-8-7-13(9-15(14)23-10-16(20)21)19-17(22)11-3-5-12(18)6-4-11/h3-9H,2,10H2,1H3,(H,19,22). The summed E-state index contributed by atoms with van der Waals surface area (Å²) in [5.74, 6) is 0.277. The van der Waals surface area contributed by atoms with Crippen LogP contribution < -0.4 is 15.0 Å². The third kappa shape index (κ3) is 3.14. The summed E-state index contributed by atoms with van der Waals surface area (Å²) in [7, 11) is 0. The Balaban J connectivity index is 1.81. The molecule has 0 saturated carbocycles. The Hall–Kier alpha value is -2.53. The summed E-state index contributed by atoms with van der Waals surface area (Å²) in [6, 6.07) is 11.9. The van der Waals surface area contributed by atoms with Crippen LogP contribution in [0.4, 0.5) is 11.4 Å². The minimum absolute atomic E-state index is 0.00935. The van der Waals surface area contributed by atoms with Gasteiger partial charge in [-0.3, -0.25) is 9.59 Å². The van der Waals surface area contributed by atoms with Crippen LogP contribution in [0.1, 0.15) is 17.3 Å². The smallest absolute Gasteiger partial charge is 0.265 e. The number of hydrogen-bond donors (Lipinski definition) is 1. The van der Waals surface area contributed by atoms with Crippen molar-refractivity contribution >= 4 is 34.8 Å². The Morgan fingerprint density at radius 2 is 2.00 bits per heavy atom. The summed E-state index contributed by atoms with van der Waals surface area (Å²) >= 11 is 5.81. The molecule has 0 aromatic heterocycles. The Bertz CT molecular complexity index is 759. The molecule has 1 N–H and O–H groups in total. The molecule has 0 spiro atoms. The summed E-state index contributed by atoms with van der Waals surface area (Å²) in [6.45, 7) is 2.49.